The number of aromatic nitrogens is 2. The van der Waals surface area contributed by atoms with Crippen LogP contribution in [0.25, 0.3) is 22.2 Å². The maximum Gasteiger partial charge on any atom is 0.159 e. The van der Waals surface area contributed by atoms with Crippen molar-refractivity contribution in [1.82, 2.24) is 14.9 Å². The highest BCUT2D eigenvalue weighted by molar-refractivity contribution is 5.87. The number of nitrogens with zero attached hydrogens (tertiary/aromatic N) is 3. The lowest BCUT2D eigenvalue weighted by molar-refractivity contribution is 0.272. The van der Waals surface area contributed by atoms with Gasteiger partial charge in [-0.15, -0.1) is 0 Å². The van der Waals surface area contributed by atoms with E-state index in [0.29, 0.717) is 0 Å². The molecule has 1 atom stereocenters. The van der Waals surface area contributed by atoms with Crippen molar-refractivity contribution in [2.45, 2.75) is 32.2 Å². The molecule has 0 aliphatic carbocycles. The third kappa shape index (κ3) is 3.17. The van der Waals surface area contributed by atoms with E-state index < -0.39 is 0 Å². The maximum absolute atomic E-state index is 4.34. The van der Waals surface area contributed by atoms with Gasteiger partial charge in [-0.1, -0.05) is 30.3 Å². The van der Waals surface area contributed by atoms with Crippen molar-refractivity contribution in [3.05, 3.63) is 60.4 Å². The molecule has 0 radical (unpaired) electrons. The topological polar surface area (TPSA) is 29.0 Å². The van der Waals surface area contributed by atoms with E-state index in [4.69, 9.17) is 0 Å². The zero-order valence-corrected chi connectivity index (χ0v) is 14.2. The quantitative estimate of drug-likeness (QED) is 0.717. The number of fused-ring (bicyclic) bond motifs is 1. The van der Waals surface area contributed by atoms with Gasteiger partial charge in [0.05, 0.1) is 0 Å². The first-order chi connectivity index (χ1) is 11.8. The summed E-state index contributed by atoms with van der Waals surface area (Å²) in [5, 5.41) is 2.54. The molecule has 0 bridgehead atoms. The Morgan fingerprint density at radius 3 is 2.62 bits per heavy atom. The Bertz CT molecular complexity index is 829. The standard InChI is InChI=1S/C21H23N3/c1-16-4-2-12-24(16)13-9-17-5-6-19-15-20(8-7-18(19)14-17)21-22-10-3-11-23-21/h3,5-8,10-11,14-16H,2,4,9,12-13H2,1H3. The highest BCUT2D eigenvalue weighted by Crippen LogP contribution is 2.23. The molecule has 3 aromatic rings. The zero-order chi connectivity index (χ0) is 16.4. The summed E-state index contributed by atoms with van der Waals surface area (Å²) in [6.45, 7) is 4.78. The fourth-order valence-electron chi connectivity index (χ4n) is 3.64. The van der Waals surface area contributed by atoms with Crippen LogP contribution in [0.15, 0.2) is 54.9 Å². The van der Waals surface area contributed by atoms with Crippen LogP contribution in [0.4, 0.5) is 0 Å². The van der Waals surface area contributed by atoms with Crippen LogP contribution in [-0.2, 0) is 6.42 Å². The van der Waals surface area contributed by atoms with Gasteiger partial charge in [-0.2, -0.15) is 0 Å². The average molecular weight is 317 g/mol. The van der Waals surface area contributed by atoms with Gasteiger partial charge < -0.3 is 4.90 Å². The smallest absolute Gasteiger partial charge is 0.159 e. The normalized spacial score (nSPS) is 18.3. The molecule has 1 aliphatic heterocycles. The number of hydrogen-bond acceptors (Lipinski definition) is 3. The van der Waals surface area contributed by atoms with Gasteiger partial charge in [0.15, 0.2) is 5.82 Å². The summed E-state index contributed by atoms with van der Waals surface area (Å²) in [7, 11) is 0. The van der Waals surface area contributed by atoms with Crippen LogP contribution in [0.3, 0.4) is 0 Å². The molecule has 3 nitrogen and oxygen atoms in total. The third-order valence-electron chi connectivity index (χ3n) is 5.11. The second-order valence-corrected chi connectivity index (χ2v) is 6.75. The summed E-state index contributed by atoms with van der Waals surface area (Å²) in [5.74, 6) is 0.784. The molecule has 2 heterocycles. The molecule has 2 aromatic carbocycles. The average Bonchev–Trinajstić information content (AvgIpc) is 3.05. The van der Waals surface area contributed by atoms with E-state index in [1.165, 1.54) is 42.3 Å². The SMILES string of the molecule is CC1CCCN1CCc1ccc2cc(-c3ncccn3)ccc2c1. The lowest BCUT2D eigenvalue weighted by atomic mass is 10.0. The highest BCUT2D eigenvalue weighted by atomic mass is 15.2. The summed E-state index contributed by atoms with van der Waals surface area (Å²) < 4.78 is 0. The molecule has 1 unspecified atom stereocenters. The lowest BCUT2D eigenvalue weighted by Gasteiger charge is -2.20. The Labute approximate surface area is 143 Å². The fourth-order valence-corrected chi connectivity index (χ4v) is 3.64. The molecule has 1 aliphatic rings. The van der Waals surface area contributed by atoms with Gasteiger partial charge in [0, 0.05) is 30.5 Å². The summed E-state index contributed by atoms with van der Waals surface area (Å²) in [5.41, 5.74) is 2.49. The second-order valence-electron chi connectivity index (χ2n) is 6.75. The first-order valence-electron chi connectivity index (χ1n) is 8.84. The first kappa shape index (κ1) is 15.3. The van der Waals surface area contributed by atoms with Crippen LogP contribution in [0.2, 0.25) is 0 Å². The van der Waals surface area contributed by atoms with Crippen molar-refractivity contribution in [3.63, 3.8) is 0 Å². The predicted octanol–water partition coefficient (Wildman–Crippen LogP) is 4.32. The Balaban J connectivity index is 1.53. The maximum atomic E-state index is 4.34. The van der Waals surface area contributed by atoms with Gasteiger partial charge in [-0.25, -0.2) is 9.97 Å². The number of benzene rings is 2. The molecule has 1 fully saturated rings. The fraction of sp³-hybridized carbons (Fsp3) is 0.333. The predicted molar refractivity (Wildman–Crippen MR) is 98.9 cm³/mol. The Morgan fingerprint density at radius 2 is 1.83 bits per heavy atom. The van der Waals surface area contributed by atoms with E-state index in [2.05, 4.69) is 58.2 Å². The Kier molecular flexibility index (Phi) is 4.26. The van der Waals surface area contributed by atoms with E-state index >= 15 is 0 Å². The van der Waals surface area contributed by atoms with Gasteiger partial charge >= 0.3 is 0 Å². The van der Waals surface area contributed by atoms with Crippen LogP contribution in [0.1, 0.15) is 25.3 Å². The lowest BCUT2D eigenvalue weighted by Crippen LogP contribution is -2.28. The minimum Gasteiger partial charge on any atom is -0.300 e. The second kappa shape index (κ2) is 6.70. The van der Waals surface area contributed by atoms with E-state index in [1.807, 2.05) is 6.07 Å². The number of likely N-dealkylation sites (tertiary alicyclic amines) is 1. The van der Waals surface area contributed by atoms with Crippen molar-refractivity contribution >= 4 is 10.8 Å². The largest absolute Gasteiger partial charge is 0.300 e. The minimum absolute atomic E-state index is 0.749. The Morgan fingerprint density at radius 1 is 1.04 bits per heavy atom. The van der Waals surface area contributed by atoms with E-state index in [1.54, 1.807) is 12.4 Å². The molecular weight excluding hydrogens is 294 g/mol. The van der Waals surface area contributed by atoms with Crippen molar-refractivity contribution in [3.8, 4) is 11.4 Å². The van der Waals surface area contributed by atoms with E-state index in [9.17, 15) is 0 Å². The number of rotatable bonds is 4. The summed E-state index contributed by atoms with van der Waals surface area (Å²) in [4.78, 5) is 11.3. The summed E-state index contributed by atoms with van der Waals surface area (Å²) in [6, 6.07) is 15.9. The summed E-state index contributed by atoms with van der Waals surface area (Å²) in [6.07, 6.45) is 7.40. The van der Waals surface area contributed by atoms with Crippen molar-refractivity contribution in [1.29, 1.82) is 0 Å². The van der Waals surface area contributed by atoms with Gasteiger partial charge in [-0.3, -0.25) is 0 Å². The van der Waals surface area contributed by atoms with Gasteiger partial charge in [0.2, 0.25) is 0 Å². The molecule has 0 amide bonds. The molecule has 0 N–H and O–H groups in total. The molecule has 1 saturated heterocycles. The van der Waals surface area contributed by atoms with Crippen molar-refractivity contribution in [2.75, 3.05) is 13.1 Å². The summed E-state index contributed by atoms with van der Waals surface area (Å²) >= 11 is 0. The van der Waals surface area contributed by atoms with E-state index in [0.717, 1.165) is 23.9 Å². The van der Waals surface area contributed by atoms with Crippen LogP contribution >= 0.6 is 0 Å². The molecule has 0 saturated carbocycles. The van der Waals surface area contributed by atoms with Crippen LogP contribution < -0.4 is 0 Å². The van der Waals surface area contributed by atoms with Gasteiger partial charge in [-0.05, 0) is 61.2 Å². The van der Waals surface area contributed by atoms with Crippen LogP contribution in [-0.4, -0.2) is 34.0 Å². The highest BCUT2D eigenvalue weighted by Gasteiger charge is 2.19. The monoisotopic (exact) mass is 317 g/mol. The zero-order valence-electron chi connectivity index (χ0n) is 14.2. The molecule has 0 spiro atoms. The Hall–Kier alpha value is -2.26. The van der Waals surface area contributed by atoms with Crippen LogP contribution in [0.5, 0.6) is 0 Å². The molecular formula is C21H23N3. The molecule has 4 rings (SSSR count). The minimum atomic E-state index is 0.749. The van der Waals surface area contributed by atoms with Crippen molar-refractivity contribution < 1.29 is 0 Å². The molecule has 3 heteroatoms. The van der Waals surface area contributed by atoms with Gasteiger partial charge in [0.25, 0.3) is 0 Å². The van der Waals surface area contributed by atoms with Crippen molar-refractivity contribution in [2.24, 2.45) is 0 Å². The number of hydrogen-bond donors (Lipinski definition) is 0. The van der Waals surface area contributed by atoms with E-state index in [-0.39, 0.29) is 0 Å². The third-order valence-corrected chi connectivity index (χ3v) is 5.11. The van der Waals surface area contributed by atoms with Crippen LogP contribution in [0, 0.1) is 0 Å². The van der Waals surface area contributed by atoms with Gasteiger partial charge in [0.1, 0.15) is 0 Å². The molecule has 24 heavy (non-hydrogen) atoms. The first-order valence-corrected chi connectivity index (χ1v) is 8.84. The molecule has 122 valence electrons. The molecule has 1 aromatic heterocycles.